The van der Waals surface area contributed by atoms with Crippen molar-refractivity contribution in [1.29, 1.82) is 5.26 Å². The van der Waals surface area contributed by atoms with E-state index >= 15 is 0 Å². The summed E-state index contributed by atoms with van der Waals surface area (Å²) in [5.41, 5.74) is -1.14. The highest BCUT2D eigenvalue weighted by Gasteiger charge is 2.58. The molecule has 0 saturated carbocycles. The largest absolute Gasteiger partial charge is 0.472 e. The van der Waals surface area contributed by atoms with E-state index in [0.29, 0.717) is 17.8 Å². The molecule has 1 saturated heterocycles. The summed E-state index contributed by atoms with van der Waals surface area (Å²) in [6.07, 6.45) is 15.3. The predicted molar refractivity (Wildman–Crippen MR) is 209 cm³/mol. The highest BCUT2D eigenvalue weighted by atomic mass is 31.2. The van der Waals surface area contributed by atoms with Crippen LogP contribution in [0.25, 0.3) is 5.52 Å². The average molecular weight is 823 g/mol. The number of phosphoric acid groups is 1. The van der Waals surface area contributed by atoms with Crippen LogP contribution in [0, 0.1) is 29.9 Å². The minimum atomic E-state index is -4.86. The third-order valence-electron chi connectivity index (χ3n) is 10.4. The van der Waals surface area contributed by atoms with Crippen molar-refractivity contribution in [2.75, 3.05) is 26.4 Å². The Labute approximate surface area is 335 Å². The molecule has 16 heteroatoms. The van der Waals surface area contributed by atoms with Gasteiger partial charge in [0.05, 0.1) is 43.3 Å². The first-order chi connectivity index (χ1) is 27.5. The first-order valence-electron chi connectivity index (χ1n) is 20.5. The molecule has 2 aromatic heterocycles. The van der Waals surface area contributed by atoms with Gasteiger partial charge in [-0.05, 0) is 37.6 Å². The third kappa shape index (κ3) is 14.1. The monoisotopic (exact) mass is 822 g/mol. The minimum absolute atomic E-state index is 0.0928. The van der Waals surface area contributed by atoms with Gasteiger partial charge in [0, 0.05) is 12.2 Å². The van der Waals surface area contributed by atoms with Gasteiger partial charge >= 0.3 is 7.82 Å². The van der Waals surface area contributed by atoms with E-state index in [2.05, 4.69) is 17.0 Å². The Balaban J connectivity index is 1.19. The summed E-state index contributed by atoms with van der Waals surface area (Å²) in [6, 6.07) is 8.49. The SMILES string of the molecule is CCCCCCCCCCCCCCCCCCOC[C@H](COP(=O)(O)OC[C@H]1O[C@@](C#N)(c2ccc3c(C)ncnn23)[C@H](O)[C@@H]1O)OCc1c(F)cccc1F. The molecule has 1 aliphatic heterocycles. The van der Waals surface area contributed by atoms with Crippen molar-refractivity contribution < 1.29 is 51.7 Å². The Morgan fingerprint density at radius 1 is 0.912 bits per heavy atom. The molecule has 0 spiro atoms. The topological polar surface area (TPSA) is 178 Å². The van der Waals surface area contributed by atoms with Crippen molar-refractivity contribution in [3.63, 3.8) is 0 Å². The van der Waals surface area contributed by atoms with Crippen LogP contribution in [0.2, 0.25) is 0 Å². The number of hydrogen-bond donors (Lipinski definition) is 3. The number of fused-ring (bicyclic) bond motifs is 1. The molecule has 0 aliphatic carbocycles. The van der Waals surface area contributed by atoms with Gasteiger partial charge in [-0.3, -0.25) is 9.05 Å². The number of rotatable bonds is 29. The summed E-state index contributed by atoms with van der Waals surface area (Å²) in [6.45, 7) is 2.51. The number of halogens is 2. The fourth-order valence-electron chi connectivity index (χ4n) is 7.02. The van der Waals surface area contributed by atoms with Crippen LogP contribution in [0.15, 0.2) is 36.7 Å². The number of phosphoric ester groups is 1. The lowest BCUT2D eigenvalue weighted by molar-refractivity contribution is -0.0693. The van der Waals surface area contributed by atoms with E-state index in [4.69, 9.17) is 23.3 Å². The molecular weight excluding hydrogens is 761 g/mol. The zero-order valence-corrected chi connectivity index (χ0v) is 34.3. The van der Waals surface area contributed by atoms with Crippen LogP contribution in [0.5, 0.6) is 0 Å². The van der Waals surface area contributed by atoms with Crippen molar-refractivity contribution in [3.8, 4) is 6.07 Å². The molecule has 0 radical (unpaired) electrons. The maximum atomic E-state index is 14.3. The molecule has 1 aromatic carbocycles. The lowest BCUT2D eigenvalue weighted by Crippen LogP contribution is -2.41. The van der Waals surface area contributed by atoms with Gasteiger partial charge in [0.1, 0.15) is 48.4 Å². The van der Waals surface area contributed by atoms with E-state index in [1.807, 2.05) is 6.07 Å². The number of aryl methyl sites for hydroxylation is 1. The normalized spacial score (nSPS) is 21.2. The van der Waals surface area contributed by atoms with Gasteiger partial charge < -0.3 is 29.3 Å². The number of aromatic nitrogens is 3. The molecule has 0 amide bonds. The zero-order valence-electron chi connectivity index (χ0n) is 33.4. The second-order valence-electron chi connectivity index (χ2n) is 14.9. The highest BCUT2D eigenvalue weighted by Crippen LogP contribution is 2.46. The molecule has 13 nitrogen and oxygen atoms in total. The van der Waals surface area contributed by atoms with Crippen molar-refractivity contribution in [1.82, 2.24) is 14.6 Å². The zero-order chi connectivity index (χ0) is 41.1. The van der Waals surface area contributed by atoms with Crippen LogP contribution < -0.4 is 0 Å². The number of nitrogens with zero attached hydrogens (tertiary/aromatic N) is 4. The second kappa shape index (κ2) is 24.2. The molecule has 6 atom stereocenters. The van der Waals surface area contributed by atoms with E-state index in [9.17, 15) is 33.7 Å². The standard InChI is InChI=1S/C41H61F2N4O9P/c1-3-4-5-6-7-8-9-10-11-12-13-14-15-16-17-18-24-52-25-32(53-27-33-34(42)20-19-21-35(33)43)26-54-57(50,51)55-28-37-39(48)40(49)41(29-44,56-37)38-23-22-36-31(2)45-30-46-47(36)38/h19-23,30,32,37,39-40,48-49H,3-18,24-28H2,1-2H3,(H,50,51)/t32-,37-,39-,40-,41+/m1/s1. The van der Waals surface area contributed by atoms with Gasteiger partial charge in [0.2, 0.25) is 5.60 Å². The summed E-state index contributed by atoms with van der Waals surface area (Å²) in [5, 5.41) is 36.1. The van der Waals surface area contributed by atoms with Crippen molar-refractivity contribution in [3.05, 3.63) is 65.2 Å². The average Bonchev–Trinajstić information content (AvgIpc) is 3.74. The number of ether oxygens (including phenoxy) is 3. The lowest BCUT2D eigenvalue weighted by Gasteiger charge is -2.24. The van der Waals surface area contributed by atoms with Gasteiger partial charge in [-0.25, -0.2) is 22.8 Å². The highest BCUT2D eigenvalue weighted by molar-refractivity contribution is 7.47. The third-order valence-corrected chi connectivity index (χ3v) is 11.4. The number of nitriles is 1. The van der Waals surface area contributed by atoms with Crippen LogP contribution in [-0.2, 0) is 40.0 Å². The summed E-state index contributed by atoms with van der Waals surface area (Å²) in [4.78, 5) is 14.6. The summed E-state index contributed by atoms with van der Waals surface area (Å²) in [5.74, 6) is -1.61. The quantitative estimate of drug-likeness (QED) is 0.0453. The molecule has 318 valence electrons. The van der Waals surface area contributed by atoms with Gasteiger partial charge in [0.15, 0.2) is 0 Å². The lowest BCUT2D eigenvalue weighted by atomic mass is 9.92. The maximum absolute atomic E-state index is 14.3. The van der Waals surface area contributed by atoms with E-state index in [1.165, 1.54) is 100 Å². The number of benzene rings is 1. The van der Waals surface area contributed by atoms with Gasteiger partial charge in [-0.2, -0.15) is 10.4 Å². The second-order valence-corrected chi connectivity index (χ2v) is 16.3. The summed E-state index contributed by atoms with van der Waals surface area (Å²) in [7, 11) is -4.86. The van der Waals surface area contributed by atoms with Crippen LogP contribution in [0.1, 0.15) is 127 Å². The predicted octanol–water partition coefficient (Wildman–Crippen LogP) is 8.15. The van der Waals surface area contributed by atoms with Crippen LogP contribution >= 0.6 is 7.82 Å². The fourth-order valence-corrected chi connectivity index (χ4v) is 7.78. The molecule has 4 rings (SSSR count). The Morgan fingerprint density at radius 3 is 2.11 bits per heavy atom. The molecule has 3 heterocycles. The van der Waals surface area contributed by atoms with Gasteiger partial charge in [-0.1, -0.05) is 109 Å². The molecule has 3 aromatic rings. The number of hydrogen-bond acceptors (Lipinski definition) is 11. The van der Waals surface area contributed by atoms with E-state index in [1.54, 1.807) is 13.0 Å². The number of aliphatic hydroxyl groups excluding tert-OH is 2. The van der Waals surface area contributed by atoms with E-state index in [-0.39, 0.29) is 17.9 Å². The molecule has 0 bridgehead atoms. The van der Waals surface area contributed by atoms with Crippen LogP contribution in [-0.4, -0.2) is 80.5 Å². The number of aliphatic hydroxyl groups is 2. The van der Waals surface area contributed by atoms with Gasteiger partial charge in [0.25, 0.3) is 0 Å². The van der Waals surface area contributed by atoms with E-state index in [0.717, 1.165) is 37.8 Å². The summed E-state index contributed by atoms with van der Waals surface area (Å²) >= 11 is 0. The maximum Gasteiger partial charge on any atom is 0.472 e. The van der Waals surface area contributed by atoms with E-state index < -0.39 is 69.3 Å². The molecule has 3 N–H and O–H groups in total. The minimum Gasteiger partial charge on any atom is -0.387 e. The van der Waals surface area contributed by atoms with Crippen LogP contribution in [0.3, 0.4) is 0 Å². The Morgan fingerprint density at radius 2 is 1.51 bits per heavy atom. The molecule has 1 unspecified atom stereocenters. The van der Waals surface area contributed by atoms with Gasteiger partial charge in [-0.15, -0.1) is 0 Å². The Hall–Kier alpha value is -2.90. The first-order valence-corrected chi connectivity index (χ1v) is 22.0. The number of unbranched alkanes of at least 4 members (excludes halogenated alkanes) is 15. The first kappa shape index (κ1) is 46.8. The van der Waals surface area contributed by atoms with Crippen molar-refractivity contribution in [2.45, 2.75) is 153 Å². The Kier molecular flexibility index (Phi) is 19.9. The smallest absolute Gasteiger partial charge is 0.387 e. The molecule has 1 aliphatic rings. The summed E-state index contributed by atoms with van der Waals surface area (Å²) < 4.78 is 70.5. The van der Waals surface area contributed by atoms with Crippen molar-refractivity contribution in [2.24, 2.45) is 0 Å². The Bertz CT molecular complexity index is 1710. The van der Waals surface area contributed by atoms with Crippen LogP contribution in [0.4, 0.5) is 8.78 Å². The fraction of sp³-hybridized carbons (Fsp3) is 0.683. The van der Waals surface area contributed by atoms with Crippen molar-refractivity contribution >= 4 is 13.3 Å². The molecule has 1 fully saturated rings. The molecular formula is C41H61F2N4O9P. The molecule has 57 heavy (non-hydrogen) atoms.